The van der Waals surface area contributed by atoms with Gasteiger partial charge in [0.2, 0.25) is 17.7 Å². The topological polar surface area (TPSA) is 237 Å². The molecular formula is C57H78FN13O5. The zero-order valence-electron chi connectivity index (χ0n) is 45.5. The number of fused-ring (bicyclic) bond motifs is 8. The van der Waals surface area contributed by atoms with Gasteiger partial charge in [-0.3, -0.25) is 28.7 Å². The monoisotopic (exact) mass is 1040 g/mol. The molecule has 0 aliphatic carbocycles. The number of aryl methyl sites for hydroxylation is 1. The number of nitrogens with two attached hydrogens (primary N) is 1. The molecule has 4 amide bonds. The van der Waals surface area contributed by atoms with Gasteiger partial charge < -0.3 is 41.7 Å². The molecule has 3 aliphatic heterocycles. The number of nitrogens with one attached hydrogen (secondary N) is 4. The van der Waals surface area contributed by atoms with E-state index >= 15 is 0 Å². The van der Waals surface area contributed by atoms with Crippen LogP contribution in [0.4, 0.5) is 16.0 Å². The number of hydrogen-bond acceptors (Lipinski definition) is 13. The van der Waals surface area contributed by atoms with Crippen molar-refractivity contribution in [2.24, 2.45) is 5.41 Å². The molecule has 2 aromatic heterocycles. The number of anilines is 2. The zero-order valence-corrected chi connectivity index (χ0v) is 45.5. The number of halogens is 1. The number of rotatable bonds is 22. The number of likely N-dealkylation sites (tertiary alicyclic amines) is 1. The summed E-state index contributed by atoms with van der Waals surface area (Å²) in [5.41, 5.74) is 9.29. The minimum absolute atomic E-state index is 0.0744. The van der Waals surface area contributed by atoms with Crippen LogP contribution in [-0.2, 0) is 32.3 Å². The summed E-state index contributed by atoms with van der Waals surface area (Å²) in [5.74, 6) is -0.762. The average molecular weight is 1040 g/mol. The van der Waals surface area contributed by atoms with E-state index in [2.05, 4.69) is 37.4 Å². The molecule has 2 aromatic carbocycles. The molecule has 19 heteroatoms. The lowest BCUT2D eigenvalue weighted by molar-refractivity contribution is -0.144. The van der Waals surface area contributed by atoms with Crippen LogP contribution >= 0.6 is 0 Å². The highest BCUT2D eigenvalue weighted by atomic mass is 19.1. The first-order chi connectivity index (χ1) is 36.4. The SMILES string of the molecule is CC[C@H](NC(=O)[C@H]1C[C@@H](NCCCCCCCCC(=O)CCCn2nc(C#N)c3c2CN(C)C(=O)c2ccc(F)cc2[C@H]2CCCN2c2nc-3cnc2N)CN1C(=O)[C@H](NC(=O)[C@@H](C)NC)C(C)(C)C)c1ccccc1. The number of carbonyl (C=O) groups is 5. The Morgan fingerprint density at radius 2 is 1.71 bits per heavy atom. The number of amides is 4. The Bertz CT molecular complexity index is 2740. The highest BCUT2D eigenvalue weighted by molar-refractivity contribution is 5.96. The number of carbonyl (C=O) groups excluding carboxylic acids is 5. The van der Waals surface area contributed by atoms with Crippen LogP contribution < -0.4 is 31.9 Å². The summed E-state index contributed by atoms with van der Waals surface area (Å²) in [6.45, 7) is 11.6. The molecule has 0 unspecified atom stereocenters. The second kappa shape index (κ2) is 25.8. The maximum absolute atomic E-state index is 14.8. The lowest BCUT2D eigenvalue weighted by atomic mass is 9.85. The van der Waals surface area contributed by atoms with E-state index in [1.54, 1.807) is 35.5 Å². The first-order valence-corrected chi connectivity index (χ1v) is 27.3. The van der Waals surface area contributed by atoms with E-state index in [0.29, 0.717) is 92.1 Å². The molecule has 18 nitrogen and oxygen atoms in total. The van der Waals surface area contributed by atoms with Crippen molar-refractivity contribution < 1.29 is 28.4 Å². The fourth-order valence-corrected chi connectivity index (χ4v) is 10.8. The van der Waals surface area contributed by atoms with Crippen LogP contribution in [0, 0.1) is 22.6 Å². The van der Waals surface area contributed by atoms with Crippen LogP contribution in [0.5, 0.6) is 0 Å². The molecule has 0 radical (unpaired) electrons. The number of ketones is 1. The molecule has 408 valence electrons. The summed E-state index contributed by atoms with van der Waals surface area (Å²) in [6, 6.07) is 13.6. The summed E-state index contributed by atoms with van der Waals surface area (Å²) in [7, 11) is 3.37. The number of benzene rings is 2. The van der Waals surface area contributed by atoms with E-state index in [1.165, 1.54) is 24.4 Å². The third-order valence-electron chi connectivity index (χ3n) is 15.2. The Morgan fingerprint density at radius 3 is 2.42 bits per heavy atom. The molecule has 2 fully saturated rings. The van der Waals surface area contributed by atoms with E-state index in [0.717, 1.165) is 57.1 Å². The lowest BCUT2D eigenvalue weighted by Crippen LogP contribution is -2.59. The Balaban J connectivity index is 0.889. The largest absolute Gasteiger partial charge is 0.381 e. The first kappa shape index (κ1) is 56.9. The zero-order chi connectivity index (χ0) is 54.7. The number of nitrogens with zero attached hydrogens (tertiary/aromatic N) is 8. The van der Waals surface area contributed by atoms with Crippen LogP contribution in [-0.4, -0.2) is 117 Å². The quantitative estimate of drug-likeness (QED) is 0.0504. The second-order valence-corrected chi connectivity index (χ2v) is 21.8. The van der Waals surface area contributed by atoms with Crippen LogP contribution in [0.3, 0.4) is 0 Å². The summed E-state index contributed by atoms with van der Waals surface area (Å²) in [5, 5.41) is 27.7. The highest BCUT2D eigenvalue weighted by Crippen LogP contribution is 2.41. The smallest absolute Gasteiger partial charge is 0.254 e. The fraction of sp³-hybridized carbons (Fsp3) is 0.561. The van der Waals surface area contributed by atoms with E-state index in [1.807, 2.05) is 62.9 Å². The van der Waals surface area contributed by atoms with Gasteiger partial charge in [-0.25, -0.2) is 14.4 Å². The van der Waals surface area contributed by atoms with Crippen molar-refractivity contribution in [2.45, 2.75) is 167 Å². The first-order valence-electron chi connectivity index (χ1n) is 27.3. The Morgan fingerprint density at radius 1 is 0.987 bits per heavy atom. The summed E-state index contributed by atoms with van der Waals surface area (Å²) < 4.78 is 16.5. The van der Waals surface area contributed by atoms with E-state index < -0.39 is 29.4 Å². The number of nitrogen functional groups attached to an aromatic ring is 1. The van der Waals surface area contributed by atoms with Gasteiger partial charge >= 0.3 is 0 Å². The van der Waals surface area contributed by atoms with E-state index in [4.69, 9.17) is 10.7 Å². The van der Waals surface area contributed by atoms with E-state index in [9.17, 15) is 33.6 Å². The van der Waals surface area contributed by atoms with Gasteiger partial charge in [-0.15, -0.1) is 0 Å². The normalized spacial score (nSPS) is 18.6. The van der Waals surface area contributed by atoms with Crippen molar-refractivity contribution >= 4 is 41.0 Å². The molecule has 6 atom stereocenters. The fourth-order valence-electron chi connectivity index (χ4n) is 10.8. The summed E-state index contributed by atoms with van der Waals surface area (Å²) in [4.78, 5) is 83.5. The van der Waals surface area contributed by atoms with Crippen molar-refractivity contribution in [1.29, 1.82) is 5.26 Å². The number of Topliss-reactive ketones (excluding diaryl/α,β-unsaturated/α-hetero) is 1. The molecule has 6 N–H and O–H groups in total. The number of hydrogen-bond donors (Lipinski definition) is 5. The molecular weight excluding hydrogens is 966 g/mol. The molecule has 5 heterocycles. The maximum Gasteiger partial charge on any atom is 0.254 e. The highest BCUT2D eigenvalue weighted by Gasteiger charge is 2.45. The predicted molar refractivity (Wildman–Crippen MR) is 290 cm³/mol. The van der Waals surface area contributed by atoms with Gasteiger partial charge in [0.1, 0.15) is 29.8 Å². The van der Waals surface area contributed by atoms with Crippen molar-refractivity contribution in [3.05, 3.63) is 88.6 Å². The minimum Gasteiger partial charge on any atom is -0.381 e. The number of aromatic nitrogens is 4. The Kier molecular flexibility index (Phi) is 19.4. The molecule has 2 bridgehead atoms. The van der Waals surface area contributed by atoms with Crippen molar-refractivity contribution in [1.82, 2.24) is 50.8 Å². The van der Waals surface area contributed by atoms with Gasteiger partial charge in [0.05, 0.1) is 47.8 Å². The summed E-state index contributed by atoms with van der Waals surface area (Å²) >= 11 is 0. The lowest BCUT2D eigenvalue weighted by Gasteiger charge is -2.36. The van der Waals surface area contributed by atoms with E-state index in [-0.39, 0.29) is 65.6 Å². The van der Waals surface area contributed by atoms with Gasteiger partial charge in [0.15, 0.2) is 17.3 Å². The Hall–Kier alpha value is -6.78. The standard InChI is InChI=1S/C57H78FN13O5/c1-8-43(37-20-14-13-15-21-37)65-54(74)47-31-39(34-70(47)56(76)50(57(3,4)5)66-53(73)36(2)61-6)62-27-17-12-10-9-11-16-22-40(72)23-18-29-71-48-35-68(7)55(75)41-26-25-38(58)30-42(41)46-24-19-28-69(46)52-51(60)63-33-45(64-52)49(48)44(32-59)67-71/h13-15,20-21,25-26,30,33,36,39,43,46-47,50,61-62H,8-12,16-19,22-24,27-29,31,34-35H2,1-7H3,(H2,60,63)(H,65,74)(H,66,73)/t36-,39-,43+,46-,47-,50+/m1/s1. The second-order valence-electron chi connectivity index (χ2n) is 21.8. The molecule has 0 spiro atoms. The summed E-state index contributed by atoms with van der Waals surface area (Å²) in [6.07, 6.45) is 11.0. The van der Waals surface area contributed by atoms with Crippen LogP contribution in [0.1, 0.15) is 163 Å². The number of unbranched alkanes of at least 4 members (excludes halogenated alkanes) is 5. The number of nitriles is 1. The third kappa shape index (κ3) is 13.6. The van der Waals surface area contributed by atoms with Gasteiger partial charge in [-0.2, -0.15) is 10.4 Å². The van der Waals surface area contributed by atoms with Crippen molar-refractivity contribution in [2.75, 3.05) is 44.4 Å². The van der Waals surface area contributed by atoms with Gasteiger partial charge in [0.25, 0.3) is 5.91 Å². The van der Waals surface area contributed by atoms with Gasteiger partial charge in [-0.05, 0) is 100 Å². The molecule has 0 saturated carbocycles. The van der Waals surface area contributed by atoms with Gasteiger partial charge in [-0.1, -0.05) is 83.7 Å². The van der Waals surface area contributed by atoms with Crippen LogP contribution in [0.15, 0.2) is 54.7 Å². The predicted octanol–water partition coefficient (Wildman–Crippen LogP) is 6.91. The molecule has 2 saturated heterocycles. The average Bonchev–Trinajstić information content (AvgIpc) is 4.16. The van der Waals surface area contributed by atoms with Crippen molar-refractivity contribution in [3.8, 4) is 17.3 Å². The third-order valence-corrected chi connectivity index (χ3v) is 15.2. The maximum atomic E-state index is 14.8. The van der Waals surface area contributed by atoms with Crippen LogP contribution in [0.25, 0.3) is 11.3 Å². The minimum atomic E-state index is -0.834. The van der Waals surface area contributed by atoms with Crippen molar-refractivity contribution in [3.63, 3.8) is 0 Å². The van der Waals surface area contributed by atoms with Gasteiger partial charge in [0, 0.05) is 51.1 Å². The Labute approximate surface area is 447 Å². The molecule has 7 rings (SSSR count). The number of likely N-dealkylation sites (N-methyl/N-ethyl adjacent to an activating group) is 1. The molecule has 76 heavy (non-hydrogen) atoms. The molecule has 3 aliphatic rings. The molecule has 4 aromatic rings. The van der Waals surface area contributed by atoms with Crippen LogP contribution in [0.2, 0.25) is 0 Å².